The largest absolute Gasteiger partial charge is 0.429 e. The van der Waals surface area contributed by atoms with Crippen molar-refractivity contribution in [2.24, 2.45) is 4.99 Å². The van der Waals surface area contributed by atoms with Crippen molar-refractivity contribution < 1.29 is 18.1 Å². The molecule has 0 saturated carbocycles. The van der Waals surface area contributed by atoms with Crippen LogP contribution in [-0.2, 0) is 12.8 Å². The number of hydrogen-bond acceptors (Lipinski definition) is 3. The molecule has 0 aliphatic rings. The van der Waals surface area contributed by atoms with E-state index < -0.39 is 23.2 Å². The van der Waals surface area contributed by atoms with Crippen LogP contribution in [0.15, 0.2) is 59.6 Å². The first kappa shape index (κ1) is 17.7. The number of halogens is 3. The van der Waals surface area contributed by atoms with Crippen molar-refractivity contribution in [2.75, 3.05) is 6.54 Å². The summed E-state index contributed by atoms with van der Waals surface area (Å²) in [6.45, 7) is 0.0336. The highest BCUT2D eigenvalue weighted by Gasteiger charge is 2.35. The minimum Gasteiger partial charge on any atom is -0.284 e. The average Bonchev–Trinajstić information content (AvgIpc) is 2.54. The van der Waals surface area contributed by atoms with Gasteiger partial charge in [-0.2, -0.15) is 13.2 Å². The Morgan fingerprint density at radius 2 is 1.62 bits per heavy atom. The molecule has 0 aliphatic heterocycles. The Bertz CT molecular complexity index is 711. The molecule has 0 heterocycles. The van der Waals surface area contributed by atoms with Crippen LogP contribution in [0.5, 0.6) is 0 Å². The number of alkyl halides is 3. The molecule has 0 spiro atoms. The van der Waals surface area contributed by atoms with Gasteiger partial charge in [0.05, 0.1) is 4.92 Å². The molecule has 0 atom stereocenters. The maximum atomic E-state index is 13.1. The Labute approximate surface area is 136 Å². The van der Waals surface area contributed by atoms with E-state index in [9.17, 15) is 23.3 Å². The number of aliphatic imine (C=N–C) groups is 1. The molecule has 4 nitrogen and oxygen atoms in total. The summed E-state index contributed by atoms with van der Waals surface area (Å²) in [5.41, 5.74) is 0.204. The van der Waals surface area contributed by atoms with Gasteiger partial charge in [0.1, 0.15) is 5.71 Å². The molecule has 2 aromatic carbocycles. The molecule has 2 aromatic rings. The quantitative estimate of drug-likeness (QED) is 0.446. The van der Waals surface area contributed by atoms with Gasteiger partial charge in [0, 0.05) is 25.1 Å². The summed E-state index contributed by atoms with van der Waals surface area (Å²) in [5, 5.41) is 10.6. The number of nitro groups is 1. The third-order valence-electron chi connectivity index (χ3n) is 3.39. The number of hydrogen-bond donors (Lipinski definition) is 0. The van der Waals surface area contributed by atoms with Crippen LogP contribution in [0.3, 0.4) is 0 Å². The second kappa shape index (κ2) is 7.72. The molecule has 2 rings (SSSR count). The molecular formula is C17H15F3N2O2. The Kier molecular flexibility index (Phi) is 5.68. The van der Waals surface area contributed by atoms with Gasteiger partial charge in [-0.1, -0.05) is 42.5 Å². The second-order valence-electron chi connectivity index (χ2n) is 5.16. The maximum absolute atomic E-state index is 13.1. The van der Waals surface area contributed by atoms with Crippen molar-refractivity contribution in [3.8, 4) is 0 Å². The SMILES string of the molecule is O=[N+]([O-])c1ccc(CC(=NCCc2ccccc2)C(F)(F)F)cc1. The predicted molar refractivity (Wildman–Crippen MR) is 85.3 cm³/mol. The van der Waals surface area contributed by atoms with Gasteiger partial charge >= 0.3 is 6.18 Å². The van der Waals surface area contributed by atoms with Gasteiger partial charge < -0.3 is 0 Å². The summed E-state index contributed by atoms with van der Waals surface area (Å²) < 4.78 is 39.3. The molecule has 0 aromatic heterocycles. The van der Waals surface area contributed by atoms with Gasteiger partial charge in [-0.3, -0.25) is 15.1 Å². The van der Waals surface area contributed by atoms with Crippen molar-refractivity contribution in [3.63, 3.8) is 0 Å². The van der Waals surface area contributed by atoms with Crippen molar-refractivity contribution in [1.82, 2.24) is 0 Å². The van der Waals surface area contributed by atoms with E-state index in [1.54, 1.807) is 0 Å². The first-order chi connectivity index (χ1) is 11.4. The molecule has 0 unspecified atom stereocenters. The standard InChI is InChI=1S/C17H15F3N2O2/c18-17(19,20)16(21-11-10-13-4-2-1-3-5-13)12-14-6-8-15(9-7-14)22(23)24/h1-9H,10-12H2. The fourth-order valence-corrected chi connectivity index (χ4v) is 2.14. The van der Waals surface area contributed by atoms with E-state index in [-0.39, 0.29) is 12.2 Å². The van der Waals surface area contributed by atoms with E-state index in [1.807, 2.05) is 30.3 Å². The maximum Gasteiger partial charge on any atom is 0.429 e. The average molecular weight is 336 g/mol. The summed E-state index contributed by atoms with van der Waals surface area (Å²) in [6.07, 6.45) is -4.52. The second-order valence-corrected chi connectivity index (χ2v) is 5.16. The van der Waals surface area contributed by atoms with E-state index in [1.165, 1.54) is 24.3 Å². The lowest BCUT2D eigenvalue weighted by Gasteiger charge is -2.11. The van der Waals surface area contributed by atoms with Crippen LogP contribution in [0, 0.1) is 10.1 Å². The zero-order valence-corrected chi connectivity index (χ0v) is 12.7. The van der Waals surface area contributed by atoms with E-state index >= 15 is 0 Å². The monoisotopic (exact) mass is 336 g/mol. The molecule has 0 saturated heterocycles. The molecular weight excluding hydrogens is 321 g/mol. The third kappa shape index (κ3) is 5.19. The normalized spacial score (nSPS) is 12.2. The van der Waals surface area contributed by atoms with Crippen LogP contribution in [0.1, 0.15) is 11.1 Å². The topological polar surface area (TPSA) is 55.5 Å². The van der Waals surface area contributed by atoms with Gasteiger partial charge in [-0.05, 0) is 17.5 Å². The first-order valence-corrected chi connectivity index (χ1v) is 7.24. The van der Waals surface area contributed by atoms with Gasteiger partial charge in [0.2, 0.25) is 0 Å². The minimum absolute atomic E-state index is 0.0336. The fraction of sp³-hybridized carbons (Fsp3) is 0.235. The van der Waals surface area contributed by atoms with Crippen molar-refractivity contribution in [3.05, 3.63) is 75.8 Å². The van der Waals surface area contributed by atoms with Crippen LogP contribution in [0.25, 0.3) is 0 Å². The van der Waals surface area contributed by atoms with Gasteiger partial charge in [-0.15, -0.1) is 0 Å². The van der Waals surface area contributed by atoms with Crippen molar-refractivity contribution in [1.29, 1.82) is 0 Å². The molecule has 0 bridgehead atoms. The lowest BCUT2D eigenvalue weighted by molar-refractivity contribution is -0.384. The molecule has 0 fully saturated rings. The minimum atomic E-state index is -4.53. The van der Waals surface area contributed by atoms with Crippen LogP contribution in [-0.4, -0.2) is 23.4 Å². The van der Waals surface area contributed by atoms with Crippen LogP contribution >= 0.6 is 0 Å². The summed E-state index contributed by atoms with van der Waals surface area (Å²) in [6, 6.07) is 14.1. The van der Waals surface area contributed by atoms with E-state index in [2.05, 4.69) is 4.99 Å². The van der Waals surface area contributed by atoms with E-state index in [0.717, 1.165) is 5.56 Å². The number of rotatable bonds is 6. The van der Waals surface area contributed by atoms with Crippen LogP contribution in [0.4, 0.5) is 18.9 Å². The number of nitrogens with zero attached hydrogens (tertiary/aromatic N) is 2. The molecule has 24 heavy (non-hydrogen) atoms. The molecule has 0 aliphatic carbocycles. The number of non-ortho nitro benzene ring substituents is 1. The first-order valence-electron chi connectivity index (χ1n) is 7.24. The van der Waals surface area contributed by atoms with Crippen LogP contribution in [0.2, 0.25) is 0 Å². The third-order valence-corrected chi connectivity index (χ3v) is 3.39. The van der Waals surface area contributed by atoms with Gasteiger partial charge in [0.25, 0.3) is 5.69 Å². The molecule has 0 radical (unpaired) electrons. The Morgan fingerprint density at radius 1 is 1.00 bits per heavy atom. The Balaban J connectivity index is 2.08. The van der Waals surface area contributed by atoms with Gasteiger partial charge in [0.15, 0.2) is 0 Å². The number of nitro benzene ring substituents is 1. The van der Waals surface area contributed by atoms with E-state index in [0.29, 0.717) is 12.0 Å². The van der Waals surface area contributed by atoms with Crippen molar-refractivity contribution in [2.45, 2.75) is 19.0 Å². The lowest BCUT2D eigenvalue weighted by Crippen LogP contribution is -2.25. The molecule has 0 N–H and O–H groups in total. The van der Waals surface area contributed by atoms with Crippen LogP contribution < -0.4 is 0 Å². The highest BCUT2D eigenvalue weighted by Crippen LogP contribution is 2.22. The lowest BCUT2D eigenvalue weighted by atomic mass is 10.1. The smallest absolute Gasteiger partial charge is 0.284 e. The predicted octanol–water partition coefficient (Wildman–Crippen LogP) is 4.38. The molecule has 7 heteroatoms. The summed E-state index contributed by atoms with van der Waals surface area (Å²) in [7, 11) is 0. The highest BCUT2D eigenvalue weighted by molar-refractivity contribution is 5.91. The molecule has 126 valence electrons. The Morgan fingerprint density at radius 3 is 2.17 bits per heavy atom. The van der Waals surface area contributed by atoms with Gasteiger partial charge in [-0.25, -0.2) is 0 Å². The summed E-state index contributed by atoms with van der Waals surface area (Å²) in [4.78, 5) is 13.7. The highest BCUT2D eigenvalue weighted by atomic mass is 19.4. The summed E-state index contributed by atoms with van der Waals surface area (Å²) >= 11 is 0. The summed E-state index contributed by atoms with van der Waals surface area (Å²) in [5.74, 6) is 0. The van der Waals surface area contributed by atoms with Crippen molar-refractivity contribution >= 4 is 11.4 Å². The zero-order chi connectivity index (χ0) is 17.6. The van der Waals surface area contributed by atoms with E-state index in [4.69, 9.17) is 0 Å². The fourth-order valence-electron chi connectivity index (χ4n) is 2.14. The molecule has 0 amide bonds. The Hall–Kier alpha value is -2.70. The zero-order valence-electron chi connectivity index (χ0n) is 12.7. The number of benzene rings is 2.